The van der Waals surface area contributed by atoms with Crippen LogP contribution >= 0.6 is 0 Å². The SMILES string of the molecule is Cc1cn(CCN)c2cccc(F)c12. The van der Waals surface area contributed by atoms with Gasteiger partial charge in [-0.05, 0) is 24.6 Å². The summed E-state index contributed by atoms with van der Waals surface area (Å²) in [4.78, 5) is 0. The number of nitrogens with two attached hydrogens (primary N) is 1. The number of rotatable bonds is 2. The average Bonchev–Trinajstić information content (AvgIpc) is 2.46. The van der Waals surface area contributed by atoms with Crippen molar-refractivity contribution in [3.8, 4) is 0 Å². The topological polar surface area (TPSA) is 30.9 Å². The van der Waals surface area contributed by atoms with E-state index in [-0.39, 0.29) is 5.82 Å². The van der Waals surface area contributed by atoms with E-state index >= 15 is 0 Å². The lowest BCUT2D eigenvalue weighted by Crippen LogP contribution is -2.08. The highest BCUT2D eigenvalue weighted by molar-refractivity contribution is 5.84. The molecule has 2 N–H and O–H groups in total. The standard InChI is InChI=1S/C11H13FN2/c1-8-7-14(6-5-13)10-4-2-3-9(12)11(8)10/h2-4,7H,5-6,13H2,1H3. The average molecular weight is 192 g/mol. The molecule has 14 heavy (non-hydrogen) atoms. The van der Waals surface area contributed by atoms with Crippen molar-refractivity contribution in [2.45, 2.75) is 13.5 Å². The Balaban J connectivity index is 2.71. The van der Waals surface area contributed by atoms with Gasteiger partial charge in [0.25, 0.3) is 0 Å². The van der Waals surface area contributed by atoms with Crippen LogP contribution in [0.25, 0.3) is 10.9 Å². The van der Waals surface area contributed by atoms with E-state index in [1.54, 1.807) is 6.07 Å². The predicted octanol–water partition coefficient (Wildman–Crippen LogP) is 2.05. The van der Waals surface area contributed by atoms with E-state index in [0.717, 1.165) is 17.6 Å². The number of benzene rings is 1. The van der Waals surface area contributed by atoms with E-state index in [9.17, 15) is 4.39 Å². The maximum absolute atomic E-state index is 13.5. The zero-order valence-electron chi connectivity index (χ0n) is 8.13. The van der Waals surface area contributed by atoms with E-state index in [1.165, 1.54) is 6.07 Å². The molecule has 0 amide bonds. The summed E-state index contributed by atoms with van der Waals surface area (Å²) in [5.74, 6) is -0.157. The number of hydrogen-bond acceptors (Lipinski definition) is 1. The van der Waals surface area contributed by atoms with E-state index in [4.69, 9.17) is 5.73 Å². The number of aromatic nitrogens is 1. The van der Waals surface area contributed by atoms with Crippen LogP contribution in [0.2, 0.25) is 0 Å². The van der Waals surface area contributed by atoms with Crippen LogP contribution in [-0.2, 0) is 6.54 Å². The first-order valence-corrected chi connectivity index (χ1v) is 4.68. The highest BCUT2D eigenvalue weighted by Crippen LogP contribution is 2.23. The molecule has 2 aromatic rings. The van der Waals surface area contributed by atoms with Crippen molar-refractivity contribution in [3.63, 3.8) is 0 Å². The molecule has 0 unspecified atom stereocenters. The van der Waals surface area contributed by atoms with E-state index in [1.807, 2.05) is 23.8 Å². The van der Waals surface area contributed by atoms with Gasteiger partial charge < -0.3 is 10.3 Å². The molecule has 74 valence electrons. The largest absolute Gasteiger partial charge is 0.346 e. The van der Waals surface area contributed by atoms with Gasteiger partial charge in [0.05, 0.1) is 5.52 Å². The molecule has 1 aromatic heterocycles. The highest BCUT2D eigenvalue weighted by atomic mass is 19.1. The minimum Gasteiger partial charge on any atom is -0.346 e. The molecule has 0 aliphatic rings. The Morgan fingerprint density at radius 3 is 2.93 bits per heavy atom. The Hall–Kier alpha value is -1.35. The van der Waals surface area contributed by atoms with Crippen molar-refractivity contribution in [1.29, 1.82) is 0 Å². The monoisotopic (exact) mass is 192 g/mol. The Bertz CT molecular complexity index is 460. The summed E-state index contributed by atoms with van der Waals surface area (Å²) in [5.41, 5.74) is 7.37. The lowest BCUT2D eigenvalue weighted by atomic mass is 10.2. The minimum atomic E-state index is -0.157. The van der Waals surface area contributed by atoms with Gasteiger partial charge in [-0.3, -0.25) is 0 Å². The predicted molar refractivity (Wildman–Crippen MR) is 55.7 cm³/mol. The van der Waals surface area contributed by atoms with Crippen LogP contribution in [-0.4, -0.2) is 11.1 Å². The molecule has 1 heterocycles. The van der Waals surface area contributed by atoms with Crippen molar-refractivity contribution >= 4 is 10.9 Å². The third-order valence-corrected chi connectivity index (χ3v) is 2.41. The summed E-state index contributed by atoms with van der Waals surface area (Å²) in [6, 6.07) is 5.13. The van der Waals surface area contributed by atoms with Crippen LogP contribution < -0.4 is 5.73 Å². The molecular weight excluding hydrogens is 179 g/mol. The zero-order valence-corrected chi connectivity index (χ0v) is 8.13. The van der Waals surface area contributed by atoms with Gasteiger partial charge in [0, 0.05) is 24.7 Å². The Morgan fingerprint density at radius 1 is 1.43 bits per heavy atom. The third kappa shape index (κ3) is 1.30. The maximum Gasteiger partial charge on any atom is 0.132 e. The molecule has 0 spiro atoms. The molecule has 0 bridgehead atoms. The van der Waals surface area contributed by atoms with Gasteiger partial charge in [0.1, 0.15) is 5.82 Å². The van der Waals surface area contributed by atoms with E-state index in [2.05, 4.69) is 0 Å². The molecule has 0 aliphatic carbocycles. The third-order valence-electron chi connectivity index (χ3n) is 2.41. The summed E-state index contributed by atoms with van der Waals surface area (Å²) < 4.78 is 15.4. The molecule has 2 rings (SSSR count). The van der Waals surface area contributed by atoms with Gasteiger partial charge in [-0.25, -0.2) is 4.39 Å². The summed E-state index contributed by atoms with van der Waals surface area (Å²) in [7, 11) is 0. The molecule has 0 aliphatic heterocycles. The van der Waals surface area contributed by atoms with E-state index < -0.39 is 0 Å². The van der Waals surface area contributed by atoms with Gasteiger partial charge >= 0.3 is 0 Å². The van der Waals surface area contributed by atoms with Crippen LogP contribution in [0.5, 0.6) is 0 Å². The van der Waals surface area contributed by atoms with Crippen LogP contribution in [0.15, 0.2) is 24.4 Å². The fourth-order valence-corrected chi connectivity index (χ4v) is 1.83. The molecule has 0 saturated carbocycles. The van der Waals surface area contributed by atoms with Crippen LogP contribution in [0, 0.1) is 12.7 Å². The first-order chi connectivity index (χ1) is 6.74. The molecule has 3 heteroatoms. The van der Waals surface area contributed by atoms with Crippen molar-refractivity contribution in [2.75, 3.05) is 6.54 Å². The fraction of sp³-hybridized carbons (Fsp3) is 0.273. The number of nitrogens with zero attached hydrogens (tertiary/aromatic N) is 1. The van der Waals surface area contributed by atoms with E-state index in [0.29, 0.717) is 11.9 Å². The van der Waals surface area contributed by atoms with Gasteiger partial charge in [-0.15, -0.1) is 0 Å². The van der Waals surface area contributed by atoms with Crippen LogP contribution in [0.3, 0.4) is 0 Å². The second-order valence-corrected chi connectivity index (χ2v) is 3.43. The summed E-state index contributed by atoms with van der Waals surface area (Å²) in [5, 5.41) is 0.709. The Labute approximate surface area is 82.1 Å². The highest BCUT2D eigenvalue weighted by Gasteiger charge is 2.08. The smallest absolute Gasteiger partial charge is 0.132 e. The van der Waals surface area contributed by atoms with Crippen molar-refractivity contribution < 1.29 is 4.39 Å². The lowest BCUT2D eigenvalue weighted by Gasteiger charge is -2.01. The van der Waals surface area contributed by atoms with Crippen LogP contribution in [0.4, 0.5) is 4.39 Å². The molecule has 2 nitrogen and oxygen atoms in total. The normalized spacial score (nSPS) is 11.1. The van der Waals surface area contributed by atoms with Crippen LogP contribution in [0.1, 0.15) is 5.56 Å². The molecule has 0 saturated heterocycles. The minimum absolute atomic E-state index is 0.157. The molecule has 1 aromatic carbocycles. The quantitative estimate of drug-likeness (QED) is 0.775. The van der Waals surface area contributed by atoms with Crippen molar-refractivity contribution in [3.05, 3.63) is 35.8 Å². The Kier molecular flexibility index (Phi) is 2.25. The van der Waals surface area contributed by atoms with Gasteiger partial charge in [-0.1, -0.05) is 6.07 Å². The molecule has 0 radical (unpaired) electrons. The first kappa shape index (κ1) is 9.21. The summed E-state index contributed by atoms with van der Waals surface area (Å²) in [6.45, 7) is 3.21. The van der Waals surface area contributed by atoms with Crippen molar-refractivity contribution in [1.82, 2.24) is 4.57 Å². The number of hydrogen-bond donors (Lipinski definition) is 1. The molecular formula is C11H13FN2. The lowest BCUT2D eigenvalue weighted by molar-refractivity contribution is 0.639. The first-order valence-electron chi connectivity index (χ1n) is 4.68. The zero-order chi connectivity index (χ0) is 10.1. The number of aryl methyl sites for hydroxylation is 1. The molecule has 0 fully saturated rings. The number of halogens is 1. The van der Waals surface area contributed by atoms with Gasteiger partial charge in [0.2, 0.25) is 0 Å². The number of fused-ring (bicyclic) bond motifs is 1. The van der Waals surface area contributed by atoms with Gasteiger partial charge in [-0.2, -0.15) is 0 Å². The summed E-state index contributed by atoms with van der Waals surface area (Å²) in [6.07, 6.45) is 1.95. The fourth-order valence-electron chi connectivity index (χ4n) is 1.83. The van der Waals surface area contributed by atoms with Crippen molar-refractivity contribution in [2.24, 2.45) is 5.73 Å². The summed E-state index contributed by atoms with van der Waals surface area (Å²) >= 11 is 0. The second kappa shape index (κ2) is 3.42. The molecule has 0 atom stereocenters. The Morgan fingerprint density at radius 2 is 2.21 bits per heavy atom. The maximum atomic E-state index is 13.5. The second-order valence-electron chi connectivity index (χ2n) is 3.43. The van der Waals surface area contributed by atoms with Gasteiger partial charge in [0.15, 0.2) is 0 Å².